The number of fused-ring (bicyclic) bond motifs is 1. The van der Waals surface area contributed by atoms with E-state index in [-0.39, 0.29) is 17.9 Å². The van der Waals surface area contributed by atoms with Crippen molar-refractivity contribution in [1.82, 2.24) is 0 Å². The zero-order chi connectivity index (χ0) is 22.4. The first-order valence-electron chi connectivity index (χ1n) is 12.0. The van der Waals surface area contributed by atoms with Crippen LogP contribution in [0.1, 0.15) is 74.7 Å². The van der Waals surface area contributed by atoms with Gasteiger partial charge < -0.3 is 15.9 Å². The van der Waals surface area contributed by atoms with Crippen LogP contribution < -0.4 is 5.73 Å². The number of aliphatic hydroxyl groups is 2. The quantitative estimate of drug-likeness (QED) is 0.446. The van der Waals surface area contributed by atoms with Crippen LogP contribution >= 0.6 is 0 Å². The highest BCUT2D eigenvalue weighted by Crippen LogP contribution is 2.48. The molecule has 0 aromatic heterocycles. The lowest BCUT2D eigenvalue weighted by Gasteiger charge is -2.19. The minimum atomic E-state index is -0.426. The van der Waals surface area contributed by atoms with Crippen molar-refractivity contribution in [2.75, 3.05) is 0 Å². The van der Waals surface area contributed by atoms with E-state index in [1.54, 1.807) is 6.07 Å². The maximum atomic E-state index is 11.4. The fourth-order valence-electron chi connectivity index (χ4n) is 5.39. The number of nitrogens with two attached hydrogens (primary N) is 1. The number of unbranched alkanes of at least 4 members (excludes halogenated alkanes) is 1. The molecule has 3 rings (SSSR count). The van der Waals surface area contributed by atoms with Gasteiger partial charge in [0.15, 0.2) is 0 Å². The van der Waals surface area contributed by atoms with Crippen molar-refractivity contribution in [3.05, 3.63) is 59.2 Å². The second-order valence-electron chi connectivity index (χ2n) is 9.74. The van der Waals surface area contributed by atoms with E-state index in [1.165, 1.54) is 18.4 Å². The summed E-state index contributed by atoms with van der Waals surface area (Å²) in [4.78, 5) is 11.4. The molecule has 1 aromatic rings. The zero-order valence-electron chi connectivity index (χ0n) is 19.0. The first kappa shape index (κ1) is 23.7. The Bertz CT molecular complexity index is 799. The Kier molecular flexibility index (Phi) is 8.50. The highest BCUT2D eigenvalue weighted by atomic mass is 16.3. The van der Waals surface area contributed by atoms with E-state index < -0.39 is 6.10 Å². The molecule has 4 nitrogen and oxygen atoms in total. The molecule has 4 heteroatoms. The SMILES string of the molecule is CCCC[C@H](C)C[C@H](O)/C=C/[C@@H]1[C@H]2CC(CCc3cccc(C(N)=O)c3)=C[C@H]2C[C@H]1O. The maximum absolute atomic E-state index is 11.4. The Morgan fingerprint density at radius 2 is 2.13 bits per heavy atom. The summed E-state index contributed by atoms with van der Waals surface area (Å²) in [5, 5.41) is 21.0. The van der Waals surface area contributed by atoms with Gasteiger partial charge in [0.25, 0.3) is 0 Å². The van der Waals surface area contributed by atoms with Crippen molar-refractivity contribution in [2.45, 2.75) is 77.4 Å². The van der Waals surface area contributed by atoms with Crippen LogP contribution in [0.25, 0.3) is 0 Å². The predicted octanol–water partition coefficient (Wildman–Crippen LogP) is 4.79. The van der Waals surface area contributed by atoms with E-state index in [0.717, 1.165) is 44.1 Å². The molecule has 4 N–H and O–H groups in total. The van der Waals surface area contributed by atoms with Crippen LogP contribution in [0.2, 0.25) is 0 Å². The van der Waals surface area contributed by atoms with Crippen LogP contribution in [0.4, 0.5) is 0 Å². The molecule has 0 heterocycles. The Balaban J connectivity index is 1.52. The number of allylic oxidation sites excluding steroid dienone is 2. The Morgan fingerprint density at radius 1 is 1.32 bits per heavy atom. The average molecular weight is 426 g/mol. The Morgan fingerprint density at radius 3 is 2.87 bits per heavy atom. The van der Waals surface area contributed by atoms with Crippen LogP contribution in [0.3, 0.4) is 0 Å². The van der Waals surface area contributed by atoms with Crippen LogP contribution in [0.15, 0.2) is 48.1 Å². The summed E-state index contributed by atoms with van der Waals surface area (Å²) in [6, 6.07) is 7.57. The maximum Gasteiger partial charge on any atom is 0.248 e. The number of aliphatic hydroxyl groups excluding tert-OH is 2. The largest absolute Gasteiger partial charge is 0.392 e. The number of carbonyl (C=O) groups is 1. The number of primary amides is 1. The van der Waals surface area contributed by atoms with E-state index in [4.69, 9.17) is 5.73 Å². The number of aryl methyl sites for hydroxylation is 1. The van der Waals surface area contributed by atoms with Gasteiger partial charge in [0, 0.05) is 11.5 Å². The lowest BCUT2D eigenvalue weighted by atomic mass is 9.88. The zero-order valence-corrected chi connectivity index (χ0v) is 19.0. The molecule has 6 atom stereocenters. The van der Waals surface area contributed by atoms with E-state index >= 15 is 0 Å². The molecule has 170 valence electrons. The molecule has 0 aliphatic heterocycles. The summed E-state index contributed by atoms with van der Waals surface area (Å²) in [6.07, 6.45) is 13.7. The van der Waals surface area contributed by atoms with Gasteiger partial charge in [-0.05, 0) is 67.6 Å². The van der Waals surface area contributed by atoms with Crippen LogP contribution in [0, 0.1) is 23.7 Å². The van der Waals surface area contributed by atoms with Crippen LogP contribution in [-0.2, 0) is 6.42 Å². The van der Waals surface area contributed by atoms with Gasteiger partial charge in [0.1, 0.15) is 0 Å². The van der Waals surface area contributed by atoms with E-state index in [2.05, 4.69) is 26.0 Å². The summed E-state index contributed by atoms with van der Waals surface area (Å²) in [7, 11) is 0. The highest BCUT2D eigenvalue weighted by molar-refractivity contribution is 5.92. The van der Waals surface area contributed by atoms with Crippen molar-refractivity contribution in [1.29, 1.82) is 0 Å². The molecule has 0 unspecified atom stereocenters. The van der Waals surface area contributed by atoms with Gasteiger partial charge in [0.2, 0.25) is 5.91 Å². The molecule has 1 amide bonds. The monoisotopic (exact) mass is 425 g/mol. The Hall–Kier alpha value is -1.91. The fourth-order valence-corrected chi connectivity index (χ4v) is 5.39. The highest BCUT2D eigenvalue weighted by Gasteiger charge is 2.43. The van der Waals surface area contributed by atoms with Gasteiger partial charge in [-0.15, -0.1) is 0 Å². The molecule has 2 aliphatic carbocycles. The lowest BCUT2D eigenvalue weighted by Crippen LogP contribution is -2.18. The summed E-state index contributed by atoms with van der Waals surface area (Å²) in [5.41, 5.74) is 8.52. The van der Waals surface area contributed by atoms with Crippen LogP contribution in [0.5, 0.6) is 0 Å². The molecule has 31 heavy (non-hydrogen) atoms. The normalized spacial score (nSPS) is 27.3. The van der Waals surface area contributed by atoms with E-state index in [9.17, 15) is 15.0 Å². The van der Waals surface area contributed by atoms with Gasteiger partial charge >= 0.3 is 0 Å². The van der Waals surface area contributed by atoms with E-state index in [1.807, 2.05) is 24.3 Å². The number of hydrogen-bond donors (Lipinski definition) is 3. The Labute approximate surface area is 187 Å². The van der Waals surface area contributed by atoms with E-state index in [0.29, 0.717) is 23.3 Å². The summed E-state index contributed by atoms with van der Waals surface area (Å²) < 4.78 is 0. The molecule has 1 fully saturated rings. The average Bonchev–Trinajstić information content (AvgIpc) is 3.25. The van der Waals surface area contributed by atoms with Gasteiger partial charge in [-0.3, -0.25) is 4.79 Å². The third kappa shape index (κ3) is 6.54. The molecular formula is C27H39NO3. The minimum absolute atomic E-state index is 0.123. The smallest absolute Gasteiger partial charge is 0.248 e. The first-order chi connectivity index (χ1) is 14.9. The van der Waals surface area contributed by atoms with Crippen molar-refractivity contribution >= 4 is 5.91 Å². The summed E-state index contributed by atoms with van der Waals surface area (Å²) >= 11 is 0. The van der Waals surface area contributed by atoms with Gasteiger partial charge in [-0.1, -0.05) is 69.0 Å². The molecule has 0 radical (unpaired) electrons. The summed E-state index contributed by atoms with van der Waals surface area (Å²) in [6.45, 7) is 4.41. The van der Waals surface area contributed by atoms with Crippen molar-refractivity contribution in [2.24, 2.45) is 29.4 Å². The van der Waals surface area contributed by atoms with Crippen molar-refractivity contribution in [3.8, 4) is 0 Å². The predicted molar refractivity (Wildman–Crippen MR) is 126 cm³/mol. The van der Waals surface area contributed by atoms with Gasteiger partial charge in [-0.25, -0.2) is 0 Å². The molecule has 1 saturated carbocycles. The molecule has 1 aromatic carbocycles. The first-order valence-corrected chi connectivity index (χ1v) is 12.0. The van der Waals surface area contributed by atoms with Gasteiger partial charge in [0.05, 0.1) is 12.2 Å². The molecule has 0 bridgehead atoms. The molecule has 2 aliphatic rings. The van der Waals surface area contributed by atoms with Crippen molar-refractivity contribution < 1.29 is 15.0 Å². The minimum Gasteiger partial charge on any atom is -0.392 e. The number of rotatable bonds is 11. The number of carbonyl (C=O) groups excluding carboxylic acids is 1. The van der Waals surface area contributed by atoms with Gasteiger partial charge in [-0.2, -0.15) is 0 Å². The van der Waals surface area contributed by atoms with Crippen LogP contribution in [-0.4, -0.2) is 28.3 Å². The second kappa shape index (κ2) is 11.1. The third-order valence-electron chi connectivity index (χ3n) is 7.15. The number of benzene rings is 1. The lowest BCUT2D eigenvalue weighted by molar-refractivity contribution is 0.1000. The number of amides is 1. The number of hydrogen-bond acceptors (Lipinski definition) is 3. The summed E-state index contributed by atoms with van der Waals surface area (Å²) in [5.74, 6) is 1.12. The molecule has 0 spiro atoms. The molecule has 0 saturated heterocycles. The second-order valence-corrected chi connectivity index (χ2v) is 9.74. The topological polar surface area (TPSA) is 83.5 Å². The fraction of sp³-hybridized carbons (Fsp3) is 0.593. The van der Waals surface area contributed by atoms with Crippen molar-refractivity contribution in [3.63, 3.8) is 0 Å². The standard InChI is InChI=1S/C27H39NO3/c1-3-4-6-18(2)13-23(29)11-12-24-25-16-20(15-22(25)17-26(24)30)10-9-19-7-5-8-21(14-19)27(28)31/h5,7-8,11-12,14-15,18,22-26,29-30H,3-4,6,9-10,13,16-17H2,1-2H3,(H2,28,31)/b12-11+/t18-,22-,23+,24+,25-,26+/m0/s1. The third-order valence-corrected chi connectivity index (χ3v) is 7.15. The molecular weight excluding hydrogens is 386 g/mol.